The molecule has 0 aliphatic carbocycles. The fourth-order valence-corrected chi connectivity index (χ4v) is 7.73. The summed E-state index contributed by atoms with van der Waals surface area (Å²) < 4.78 is 11.4. The molecule has 2 atom stereocenters. The molecule has 3 heterocycles. The van der Waals surface area contributed by atoms with Crippen LogP contribution in [0.25, 0.3) is 0 Å². The second-order valence-corrected chi connectivity index (χ2v) is 11.3. The highest BCUT2D eigenvalue weighted by atomic mass is 32.2. The summed E-state index contributed by atoms with van der Waals surface area (Å²) >= 11 is 4.11. The molecule has 5 nitrogen and oxygen atoms in total. The molecule has 1 N–H and O–H groups in total. The largest absolute Gasteiger partial charge is 0.454 e. The molecule has 1 amide bonds. The average molecular weight is 451 g/mol. The predicted molar refractivity (Wildman–Crippen MR) is 126 cm³/mol. The summed E-state index contributed by atoms with van der Waals surface area (Å²) in [4.78, 5) is 14.6. The summed E-state index contributed by atoms with van der Waals surface area (Å²) in [5.41, 5.74) is 1.33. The van der Waals surface area contributed by atoms with E-state index in [1.54, 1.807) is 0 Å². The Morgan fingerprint density at radius 3 is 2.90 bits per heavy atom. The summed E-state index contributed by atoms with van der Waals surface area (Å²) in [7, 11) is 0. The van der Waals surface area contributed by atoms with E-state index in [1.165, 1.54) is 56.5 Å². The van der Waals surface area contributed by atoms with Crippen LogP contribution in [0.1, 0.15) is 61.5 Å². The van der Waals surface area contributed by atoms with E-state index in [9.17, 15) is 4.79 Å². The molecule has 0 aromatic heterocycles. The minimum Gasteiger partial charge on any atom is -0.454 e. The number of benzene rings is 1. The van der Waals surface area contributed by atoms with E-state index in [0.717, 1.165) is 37.4 Å². The summed E-state index contributed by atoms with van der Waals surface area (Å²) in [6.07, 6.45) is 9.23. The van der Waals surface area contributed by atoms with Crippen molar-refractivity contribution in [2.75, 3.05) is 38.7 Å². The molecule has 2 unspecified atom stereocenters. The van der Waals surface area contributed by atoms with Gasteiger partial charge < -0.3 is 19.7 Å². The number of ether oxygens (including phenoxy) is 2. The quantitative estimate of drug-likeness (QED) is 0.545. The standard InChI is InChI=1S/C23H34N2O3S2/c26-22(24-11-14-25-12-4-1-5-13-25)7-3-2-6-19-10-15-29-23(30-19)18-8-9-20-21(16-18)28-17-27-20/h8-9,16,19,23H,1-7,10-15,17H2,(H,24,26). The van der Waals surface area contributed by atoms with Gasteiger partial charge in [-0.25, -0.2) is 0 Å². The van der Waals surface area contributed by atoms with Crippen molar-refractivity contribution in [3.8, 4) is 11.5 Å². The van der Waals surface area contributed by atoms with Gasteiger partial charge in [0.15, 0.2) is 11.5 Å². The zero-order valence-corrected chi connectivity index (χ0v) is 19.4. The Morgan fingerprint density at radius 2 is 2.00 bits per heavy atom. The van der Waals surface area contributed by atoms with Crippen LogP contribution in [-0.4, -0.2) is 54.8 Å². The second kappa shape index (κ2) is 11.5. The first-order valence-corrected chi connectivity index (χ1v) is 13.4. The molecule has 0 bridgehead atoms. The Hall–Kier alpha value is -1.05. The van der Waals surface area contributed by atoms with Crippen LogP contribution >= 0.6 is 23.5 Å². The lowest BCUT2D eigenvalue weighted by Gasteiger charge is -2.29. The normalized spacial score (nSPS) is 24.0. The Labute approximate surface area is 189 Å². The van der Waals surface area contributed by atoms with Gasteiger partial charge in [0.25, 0.3) is 0 Å². The van der Waals surface area contributed by atoms with Gasteiger partial charge in [-0.1, -0.05) is 18.9 Å². The zero-order valence-electron chi connectivity index (χ0n) is 17.8. The van der Waals surface area contributed by atoms with Crippen molar-refractivity contribution < 1.29 is 14.3 Å². The fraction of sp³-hybridized carbons (Fsp3) is 0.696. The number of carbonyl (C=O) groups excluding carboxylic acids is 1. The number of piperidine rings is 1. The summed E-state index contributed by atoms with van der Waals surface area (Å²) in [6.45, 7) is 4.52. The number of fused-ring (bicyclic) bond motifs is 1. The summed E-state index contributed by atoms with van der Waals surface area (Å²) in [5, 5.41) is 3.79. The van der Waals surface area contributed by atoms with Crippen molar-refractivity contribution in [3.63, 3.8) is 0 Å². The summed E-state index contributed by atoms with van der Waals surface area (Å²) in [6, 6.07) is 6.35. The number of unbranched alkanes of at least 4 members (excludes halogenated alkanes) is 1. The molecular weight excluding hydrogens is 416 g/mol. The molecule has 1 aromatic rings. The van der Waals surface area contributed by atoms with Gasteiger partial charge in [-0.15, -0.1) is 23.5 Å². The molecule has 2 saturated heterocycles. The number of hydrogen-bond donors (Lipinski definition) is 1. The van der Waals surface area contributed by atoms with Gasteiger partial charge >= 0.3 is 0 Å². The number of rotatable bonds is 9. The first kappa shape index (κ1) is 22.2. The van der Waals surface area contributed by atoms with E-state index in [-0.39, 0.29) is 5.91 Å². The van der Waals surface area contributed by atoms with Crippen LogP contribution in [0.4, 0.5) is 0 Å². The highest BCUT2D eigenvalue weighted by Gasteiger charge is 2.26. The monoisotopic (exact) mass is 450 g/mol. The Morgan fingerprint density at radius 1 is 1.13 bits per heavy atom. The second-order valence-electron chi connectivity index (χ2n) is 8.36. The Bertz CT molecular complexity index is 697. The molecule has 0 saturated carbocycles. The smallest absolute Gasteiger partial charge is 0.231 e. The van der Waals surface area contributed by atoms with E-state index in [4.69, 9.17) is 9.47 Å². The molecule has 4 rings (SSSR count). The van der Waals surface area contributed by atoms with Crippen molar-refractivity contribution in [2.45, 2.75) is 61.2 Å². The van der Waals surface area contributed by atoms with Crippen LogP contribution < -0.4 is 14.8 Å². The van der Waals surface area contributed by atoms with Crippen molar-refractivity contribution in [2.24, 2.45) is 0 Å². The van der Waals surface area contributed by atoms with Gasteiger partial charge in [-0.05, 0) is 68.6 Å². The molecule has 7 heteroatoms. The van der Waals surface area contributed by atoms with Crippen LogP contribution in [0.15, 0.2) is 18.2 Å². The third-order valence-corrected chi connectivity index (χ3v) is 9.24. The highest BCUT2D eigenvalue weighted by molar-refractivity contribution is 8.17. The maximum Gasteiger partial charge on any atom is 0.231 e. The van der Waals surface area contributed by atoms with E-state index in [0.29, 0.717) is 23.0 Å². The van der Waals surface area contributed by atoms with E-state index in [1.807, 2.05) is 17.8 Å². The van der Waals surface area contributed by atoms with Crippen molar-refractivity contribution >= 4 is 29.4 Å². The SMILES string of the molecule is O=C(CCCCC1CCSC(c2ccc3c(c2)OCO3)S1)NCCN1CCCCC1. The third kappa shape index (κ3) is 6.47. The van der Waals surface area contributed by atoms with Crippen LogP contribution in [0, 0.1) is 0 Å². The molecule has 0 spiro atoms. The van der Waals surface area contributed by atoms with Crippen LogP contribution in [0.3, 0.4) is 0 Å². The van der Waals surface area contributed by atoms with Gasteiger partial charge in [0.2, 0.25) is 12.7 Å². The first-order chi connectivity index (χ1) is 14.8. The van der Waals surface area contributed by atoms with Crippen LogP contribution in [0.5, 0.6) is 11.5 Å². The van der Waals surface area contributed by atoms with Gasteiger partial charge in [0.1, 0.15) is 0 Å². The first-order valence-electron chi connectivity index (χ1n) is 11.4. The van der Waals surface area contributed by atoms with Gasteiger partial charge in [0, 0.05) is 24.8 Å². The minimum atomic E-state index is 0.220. The molecule has 166 valence electrons. The van der Waals surface area contributed by atoms with E-state index >= 15 is 0 Å². The van der Waals surface area contributed by atoms with Gasteiger partial charge in [-0.3, -0.25) is 4.79 Å². The number of likely N-dealkylation sites (tertiary alicyclic amines) is 1. The number of nitrogens with one attached hydrogen (secondary N) is 1. The molecule has 3 aliphatic rings. The van der Waals surface area contributed by atoms with Crippen LogP contribution in [0.2, 0.25) is 0 Å². The van der Waals surface area contributed by atoms with Crippen molar-refractivity contribution in [1.82, 2.24) is 10.2 Å². The number of hydrogen-bond acceptors (Lipinski definition) is 6. The van der Waals surface area contributed by atoms with E-state index < -0.39 is 0 Å². The predicted octanol–water partition coefficient (Wildman–Crippen LogP) is 4.82. The Kier molecular flexibility index (Phi) is 8.52. The van der Waals surface area contributed by atoms with Crippen LogP contribution in [-0.2, 0) is 4.79 Å². The third-order valence-electron chi connectivity index (χ3n) is 6.07. The number of nitrogens with zero attached hydrogens (tertiary/aromatic N) is 1. The molecule has 0 radical (unpaired) electrons. The summed E-state index contributed by atoms with van der Waals surface area (Å²) in [5.74, 6) is 3.16. The number of thioether (sulfide) groups is 2. The van der Waals surface area contributed by atoms with Crippen molar-refractivity contribution in [1.29, 1.82) is 0 Å². The molecule has 2 fully saturated rings. The maximum atomic E-state index is 12.1. The highest BCUT2D eigenvalue weighted by Crippen LogP contribution is 2.50. The minimum absolute atomic E-state index is 0.220. The zero-order chi connectivity index (χ0) is 20.6. The average Bonchev–Trinajstić information content (AvgIpc) is 3.26. The lowest BCUT2D eigenvalue weighted by molar-refractivity contribution is -0.121. The number of amides is 1. The van der Waals surface area contributed by atoms with Crippen molar-refractivity contribution in [3.05, 3.63) is 23.8 Å². The number of carbonyl (C=O) groups is 1. The molecule has 30 heavy (non-hydrogen) atoms. The van der Waals surface area contributed by atoms with Gasteiger partial charge in [0.05, 0.1) is 4.58 Å². The van der Waals surface area contributed by atoms with E-state index in [2.05, 4.69) is 34.1 Å². The molecule has 1 aromatic carbocycles. The maximum absolute atomic E-state index is 12.1. The fourth-order valence-electron chi connectivity index (χ4n) is 4.32. The molecular formula is C23H34N2O3S2. The lowest BCUT2D eigenvalue weighted by atomic mass is 10.1. The van der Waals surface area contributed by atoms with Gasteiger partial charge in [-0.2, -0.15) is 0 Å². The topological polar surface area (TPSA) is 50.8 Å². The lowest BCUT2D eigenvalue weighted by Crippen LogP contribution is -2.37. The molecule has 3 aliphatic heterocycles. The Balaban J connectivity index is 1.10.